The summed E-state index contributed by atoms with van der Waals surface area (Å²) < 4.78 is 42.6. The van der Waals surface area contributed by atoms with Crippen LogP contribution < -0.4 is 15.4 Å². The van der Waals surface area contributed by atoms with E-state index < -0.39 is 52.6 Å². The molecule has 14 nitrogen and oxygen atoms in total. The molecule has 3 N–H and O–H groups in total. The van der Waals surface area contributed by atoms with Crippen molar-refractivity contribution >= 4 is 35.0 Å². The number of alkyl halides is 1. The highest BCUT2D eigenvalue weighted by molar-refractivity contribution is 7.13. The van der Waals surface area contributed by atoms with Crippen molar-refractivity contribution in [3.63, 3.8) is 0 Å². The normalized spacial score (nSPS) is 18.5. The van der Waals surface area contributed by atoms with E-state index >= 15 is 0 Å². The minimum absolute atomic E-state index is 0.0184. The lowest BCUT2D eigenvalue weighted by molar-refractivity contribution is -0.156. The molecule has 306 valence electrons. The number of thiazole rings is 1. The van der Waals surface area contributed by atoms with Crippen LogP contribution in [0.3, 0.4) is 0 Å². The van der Waals surface area contributed by atoms with E-state index in [-0.39, 0.29) is 64.6 Å². The Morgan fingerprint density at radius 3 is 2.22 bits per heavy atom. The zero-order valence-electron chi connectivity index (χ0n) is 33.0. The van der Waals surface area contributed by atoms with Crippen molar-refractivity contribution in [1.82, 2.24) is 20.5 Å². The fourth-order valence-corrected chi connectivity index (χ4v) is 6.68. The van der Waals surface area contributed by atoms with E-state index in [1.54, 1.807) is 26.3 Å². The van der Waals surface area contributed by atoms with Gasteiger partial charge in [0.15, 0.2) is 5.67 Å². The van der Waals surface area contributed by atoms with Gasteiger partial charge in [-0.05, 0) is 57.6 Å². The van der Waals surface area contributed by atoms with Gasteiger partial charge in [0.05, 0.1) is 68.2 Å². The summed E-state index contributed by atoms with van der Waals surface area (Å²) >= 11 is 1.50. The summed E-state index contributed by atoms with van der Waals surface area (Å²) in [5, 5.41) is 16.0. The highest BCUT2D eigenvalue weighted by atomic mass is 32.1. The van der Waals surface area contributed by atoms with Crippen molar-refractivity contribution in [2.45, 2.75) is 110 Å². The molecule has 55 heavy (non-hydrogen) atoms. The Bertz CT molecular complexity index is 1620. The van der Waals surface area contributed by atoms with Crippen LogP contribution >= 0.6 is 11.3 Å². The van der Waals surface area contributed by atoms with Crippen molar-refractivity contribution in [1.29, 1.82) is 0 Å². The Morgan fingerprint density at radius 1 is 1.00 bits per heavy atom. The van der Waals surface area contributed by atoms with Gasteiger partial charge in [-0.1, -0.05) is 32.9 Å². The molecular formula is C39H57FN4O10S. The number of β-amino-alcohol motifs (C(OH)–C–C–N with tert-alkyl or cyclic N) is 1. The minimum atomic E-state index is -1.97. The van der Waals surface area contributed by atoms with Gasteiger partial charge >= 0.3 is 5.97 Å². The van der Waals surface area contributed by atoms with Crippen LogP contribution in [-0.4, -0.2) is 121 Å². The molecule has 2 fully saturated rings. The van der Waals surface area contributed by atoms with Gasteiger partial charge in [0.25, 0.3) is 5.91 Å². The fraction of sp³-hybridized carbons (Fsp3) is 0.667. The first-order valence-electron chi connectivity index (χ1n) is 18.8. The maximum Gasteiger partial charge on any atom is 0.308 e. The number of halogens is 1. The first-order valence-corrected chi connectivity index (χ1v) is 19.6. The molecule has 2 aromatic rings. The zero-order valence-corrected chi connectivity index (χ0v) is 33.9. The van der Waals surface area contributed by atoms with Gasteiger partial charge in [-0.3, -0.25) is 19.2 Å². The number of hydrogen-bond acceptors (Lipinski definition) is 12. The van der Waals surface area contributed by atoms with Crippen LogP contribution in [0.2, 0.25) is 0 Å². The van der Waals surface area contributed by atoms with Crippen LogP contribution in [0.5, 0.6) is 5.75 Å². The number of carbonyl (C=O) groups is 4. The molecule has 0 bridgehead atoms. The van der Waals surface area contributed by atoms with Crippen molar-refractivity contribution in [2.24, 2.45) is 5.41 Å². The van der Waals surface area contributed by atoms with Gasteiger partial charge in [-0.15, -0.1) is 11.3 Å². The number of likely N-dealkylation sites (tertiary alicyclic amines) is 1. The molecule has 0 spiro atoms. The van der Waals surface area contributed by atoms with Crippen LogP contribution in [-0.2, 0) is 44.7 Å². The Hall–Kier alpha value is -3.70. The monoisotopic (exact) mass is 792 g/mol. The minimum Gasteiger partial charge on any atom is -0.491 e. The molecule has 1 aliphatic carbocycles. The first kappa shape index (κ1) is 44.0. The second-order valence-corrected chi connectivity index (χ2v) is 16.8. The van der Waals surface area contributed by atoms with E-state index in [4.69, 9.17) is 23.7 Å². The number of nitrogens with zero attached hydrogens (tertiary/aromatic N) is 2. The molecule has 1 aromatic heterocycles. The van der Waals surface area contributed by atoms with E-state index in [2.05, 4.69) is 15.6 Å². The van der Waals surface area contributed by atoms with Crippen LogP contribution in [0.1, 0.15) is 78.5 Å². The molecule has 1 saturated carbocycles. The maximum absolute atomic E-state index is 14.5. The van der Waals surface area contributed by atoms with Crippen molar-refractivity contribution < 1.29 is 52.4 Å². The first-order chi connectivity index (χ1) is 25.9. The van der Waals surface area contributed by atoms with Crippen LogP contribution in [0.15, 0.2) is 23.7 Å². The standard InChI is InChI=1S/C39H57FN4O10S/c1-25-32(55-24-42-25)26-8-9-27(30(20-26)53-19-18-52-17-16-51-15-14-50-13-10-31(46)54-38(5,6)7)22-41-34(47)29-21-28(45)23-44(29)35(48)33(37(2,3)4)43-36(49)39(40)11-12-39/h8-9,20,24,28-29,33,45H,10-19,21-23H2,1-7H3,(H,41,47)(H,43,49)/t28-,29+,33-/m1/s1. The van der Waals surface area contributed by atoms with Crippen molar-refractivity contribution in [3.8, 4) is 16.2 Å². The summed E-state index contributed by atoms with van der Waals surface area (Å²) in [5.74, 6) is -1.63. The highest BCUT2D eigenvalue weighted by Gasteiger charge is 2.53. The topological polar surface area (TPSA) is 175 Å². The number of aryl methyl sites for hydroxylation is 1. The molecule has 3 atom stereocenters. The van der Waals surface area contributed by atoms with Gasteiger partial charge in [0.2, 0.25) is 11.8 Å². The van der Waals surface area contributed by atoms with Crippen molar-refractivity contribution in [2.75, 3.05) is 52.8 Å². The number of aliphatic hydroxyl groups excluding tert-OH is 1. The number of ether oxygens (including phenoxy) is 5. The number of carbonyl (C=O) groups excluding carboxylic acids is 4. The van der Waals surface area contributed by atoms with Crippen LogP contribution in [0.4, 0.5) is 4.39 Å². The lowest BCUT2D eigenvalue weighted by atomic mass is 9.85. The summed E-state index contributed by atoms with van der Waals surface area (Å²) in [7, 11) is 0. The number of rotatable bonds is 20. The smallest absolute Gasteiger partial charge is 0.308 e. The predicted octanol–water partition coefficient (Wildman–Crippen LogP) is 3.89. The third-order valence-corrected chi connectivity index (χ3v) is 9.95. The van der Waals surface area contributed by atoms with Crippen LogP contribution in [0.25, 0.3) is 10.4 Å². The summed E-state index contributed by atoms with van der Waals surface area (Å²) in [6.07, 6.45) is -0.538. The number of esters is 1. The van der Waals surface area contributed by atoms with Gasteiger partial charge in [-0.2, -0.15) is 0 Å². The number of hydrogen-bond donors (Lipinski definition) is 3. The molecule has 1 aliphatic heterocycles. The average Bonchev–Trinajstić information content (AvgIpc) is 3.51. The lowest BCUT2D eigenvalue weighted by Crippen LogP contribution is -2.59. The summed E-state index contributed by atoms with van der Waals surface area (Å²) in [6, 6.07) is 3.58. The molecule has 0 unspecified atom stereocenters. The molecule has 16 heteroatoms. The maximum atomic E-state index is 14.5. The van der Waals surface area contributed by atoms with E-state index in [9.17, 15) is 28.7 Å². The van der Waals surface area contributed by atoms with E-state index in [1.165, 1.54) is 16.2 Å². The molecule has 3 amide bonds. The average molecular weight is 793 g/mol. The molecule has 1 aromatic carbocycles. The Balaban J connectivity index is 1.28. The number of amides is 3. The molecule has 4 rings (SSSR count). The third kappa shape index (κ3) is 13.5. The molecule has 1 saturated heterocycles. The van der Waals surface area contributed by atoms with E-state index in [0.717, 1.165) is 16.1 Å². The molecule has 0 radical (unpaired) electrons. The van der Waals surface area contributed by atoms with Crippen molar-refractivity contribution in [3.05, 3.63) is 35.0 Å². The lowest BCUT2D eigenvalue weighted by Gasteiger charge is -2.35. The zero-order chi connectivity index (χ0) is 40.4. The quantitative estimate of drug-likeness (QED) is 0.131. The van der Waals surface area contributed by atoms with Gasteiger partial charge in [-0.25, -0.2) is 9.37 Å². The van der Waals surface area contributed by atoms with Gasteiger partial charge in [0, 0.05) is 25.1 Å². The van der Waals surface area contributed by atoms with E-state index in [1.807, 2.05) is 45.9 Å². The fourth-order valence-electron chi connectivity index (χ4n) is 5.87. The largest absolute Gasteiger partial charge is 0.491 e. The van der Waals surface area contributed by atoms with Crippen LogP contribution in [0, 0.1) is 12.3 Å². The molecule has 2 heterocycles. The second-order valence-electron chi connectivity index (χ2n) is 16.0. The Morgan fingerprint density at radius 2 is 1.64 bits per heavy atom. The number of aliphatic hydroxyl groups is 1. The summed E-state index contributed by atoms with van der Waals surface area (Å²) in [5.41, 5.74) is 0.955. The summed E-state index contributed by atoms with van der Waals surface area (Å²) in [4.78, 5) is 58.4. The second kappa shape index (κ2) is 19.4. The summed E-state index contributed by atoms with van der Waals surface area (Å²) in [6.45, 7) is 14.7. The molecule has 2 aliphatic rings. The van der Waals surface area contributed by atoms with Gasteiger partial charge in [0.1, 0.15) is 30.0 Å². The predicted molar refractivity (Wildman–Crippen MR) is 203 cm³/mol. The molecular weight excluding hydrogens is 736 g/mol. The Kier molecular flexibility index (Phi) is 15.6. The van der Waals surface area contributed by atoms with Gasteiger partial charge < -0.3 is 44.3 Å². The third-order valence-electron chi connectivity index (χ3n) is 8.98. The number of benzene rings is 1. The Labute approximate surface area is 326 Å². The number of aromatic nitrogens is 1. The SMILES string of the molecule is Cc1ncsc1-c1ccc(CNC(=O)[C@@H]2C[C@@H](O)CN2C(=O)[C@@H](NC(=O)C2(F)CC2)C(C)(C)C)c(OCCOCCOCCOCCC(=O)OC(C)(C)C)c1. The number of nitrogens with one attached hydrogen (secondary N) is 2. The highest BCUT2D eigenvalue weighted by Crippen LogP contribution is 2.40. The van der Waals surface area contributed by atoms with E-state index in [0.29, 0.717) is 37.7 Å².